The normalized spacial score (nSPS) is 23.4. The van der Waals surface area contributed by atoms with Crippen molar-refractivity contribution in [1.29, 1.82) is 0 Å². The molecule has 1 aromatic carbocycles. The predicted molar refractivity (Wildman–Crippen MR) is 114 cm³/mol. The highest BCUT2D eigenvalue weighted by atomic mass is 15.3. The van der Waals surface area contributed by atoms with E-state index in [0.717, 1.165) is 19.0 Å². The molecular formula is C24H30N4. The first-order valence-electron chi connectivity index (χ1n) is 10.6. The molecule has 146 valence electrons. The van der Waals surface area contributed by atoms with Crippen molar-refractivity contribution < 1.29 is 0 Å². The lowest BCUT2D eigenvalue weighted by atomic mass is 9.94. The summed E-state index contributed by atoms with van der Waals surface area (Å²) in [5.74, 6) is 0.780. The number of pyridine rings is 1. The van der Waals surface area contributed by atoms with Gasteiger partial charge in [0.15, 0.2) is 0 Å². The minimum absolute atomic E-state index is 0.656. The number of H-pyrrole nitrogens is 1. The van der Waals surface area contributed by atoms with Crippen LogP contribution in [0.5, 0.6) is 0 Å². The molecule has 2 aromatic heterocycles. The number of nitrogens with one attached hydrogen (secondary N) is 1. The first-order chi connectivity index (χ1) is 13.7. The van der Waals surface area contributed by atoms with Crippen LogP contribution in [0.15, 0.2) is 42.7 Å². The molecule has 0 aliphatic carbocycles. The minimum atomic E-state index is 0.656. The van der Waals surface area contributed by atoms with Crippen molar-refractivity contribution in [2.24, 2.45) is 5.92 Å². The molecule has 28 heavy (non-hydrogen) atoms. The van der Waals surface area contributed by atoms with Gasteiger partial charge in [-0.1, -0.05) is 17.7 Å². The van der Waals surface area contributed by atoms with Crippen molar-refractivity contribution in [2.45, 2.75) is 45.8 Å². The molecule has 0 spiro atoms. The second-order valence-electron chi connectivity index (χ2n) is 8.86. The Morgan fingerprint density at radius 2 is 2.00 bits per heavy atom. The second-order valence-corrected chi connectivity index (χ2v) is 8.86. The summed E-state index contributed by atoms with van der Waals surface area (Å²) in [6, 6.07) is 11.6. The SMILES string of the molecule is Cc1ccc2[nH]c(CN3C[C@H]4CC[C@@H]3CN(Cc3cccnc3)C4)c(C)c2c1. The third-order valence-electron chi connectivity index (χ3n) is 6.71. The van der Waals surface area contributed by atoms with Crippen molar-refractivity contribution in [3.05, 3.63) is 65.1 Å². The maximum Gasteiger partial charge on any atom is 0.0459 e. The number of aromatic nitrogens is 2. The molecule has 3 aliphatic heterocycles. The molecule has 3 aliphatic rings. The van der Waals surface area contributed by atoms with Crippen LogP contribution < -0.4 is 0 Å². The first kappa shape index (κ1) is 17.9. The molecule has 2 atom stereocenters. The molecule has 0 radical (unpaired) electrons. The summed E-state index contributed by atoms with van der Waals surface area (Å²) < 4.78 is 0. The summed E-state index contributed by atoms with van der Waals surface area (Å²) in [5.41, 5.74) is 6.76. The van der Waals surface area contributed by atoms with Crippen LogP contribution in [0.25, 0.3) is 10.9 Å². The third-order valence-corrected chi connectivity index (χ3v) is 6.71. The average Bonchev–Trinajstić information content (AvgIpc) is 2.84. The maximum absolute atomic E-state index is 4.29. The Labute approximate surface area is 167 Å². The van der Waals surface area contributed by atoms with Crippen molar-refractivity contribution >= 4 is 10.9 Å². The van der Waals surface area contributed by atoms with Gasteiger partial charge in [-0.25, -0.2) is 0 Å². The lowest BCUT2D eigenvalue weighted by Gasteiger charge is -2.36. The van der Waals surface area contributed by atoms with Gasteiger partial charge in [0.05, 0.1) is 0 Å². The van der Waals surface area contributed by atoms with E-state index < -0.39 is 0 Å². The van der Waals surface area contributed by atoms with Crippen LogP contribution in [-0.2, 0) is 13.1 Å². The number of nitrogens with zero attached hydrogens (tertiary/aromatic N) is 3. The topological polar surface area (TPSA) is 35.2 Å². The highest BCUT2D eigenvalue weighted by Gasteiger charge is 2.35. The van der Waals surface area contributed by atoms with Gasteiger partial charge in [0.1, 0.15) is 0 Å². The molecule has 5 heterocycles. The third kappa shape index (κ3) is 3.47. The Hall–Kier alpha value is -2.17. The van der Waals surface area contributed by atoms with Gasteiger partial charge < -0.3 is 4.98 Å². The monoisotopic (exact) mass is 374 g/mol. The fourth-order valence-electron chi connectivity index (χ4n) is 5.21. The summed E-state index contributed by atoms with van der Waals surface area (Å²) in [5, 5.41) is 1.38. The number of benzene rings is 1. The average molecular weight is 375 g/mol. The summed E-state index contributed by atoms with van der Waals surface area (Å²) in [6.45, 7) is 10.1. The second kappa shape index (κ2) is 7.34. The van der Waals surface area contributed by atoms with E-state index in [1.165, 1.54) is 65.8 Å². The molecule has 3 aromatic rings. The van der Waals surface area contributed by atoms with Crippen LogP contribution >= 0.6 is 0 Å². The largest absolute Gasteiger partial charge is 0.357 e. The lowest BCUT2D eigenvalue weighted by molar-refractivity contribution is 0.121. The van der Waals surface area contributed by atoms with Crippen LogP contribution in [0, 0.1) is 19.8 Å². The van der Waals surface area contributed by atoms with Crippen molar-refractivity contribution in [2.75, 3.05) is 19.6 Å². The lowest BCUT2D eigenvalue weighted by Crippen LogP contribution is -2.43. The summed E-state index contributed by atoms with van der Waals surface area (Å²) in [6.07, 6.45) is 6.57. The van der Waals surface area contributed by atoms with E-state index in [1.807, 2.05) is 12.4 Å². The van der Waals surface area contributed by atoms with Crippen LogP contribution in [0.4, 0.5) is 0 Å². The zero-order chi connectivity index (χ0) is 19.1. The number of aromatic amines is 1. The Morgan fingerprint density at radius 1 is 1.07 bits per heavy atom. The highest BCUT2D eigenvalue weighted by Crippen LogP contribution is 2.31. The molecule has 0 amide bonds. The molecule has 0 saturated carbocycles. The molecule has 3 saturated heterocycles. The molecule has 6 rings (SSSR count). The Bertz CT molecular complexity index is 961. The molecule has 3 fully saturated rings. The van der Waals surface area contributed by atoms with Crippen LogP contribution in [0.2, 0.25) is 0 Å². The fourth-order valence-corrected chi connectivity index (χ4v) is 5.21. The molecule has 4 nitrogen and oxygen atoms in total. The van der Waals surface area contributed by atoms with E-state index >= 15 is 0 Å². The van der Waals surface area contributed by atoms with Gasteiger partial charge in [-0.2, -0.15) is 0 Å². The maximum atomic E-state index is 4.29. The van der Waals surface area contributed by atoms with Crippen molar-refractivity contribution in [1.82, 2.24) is 19.8 Å². The van der Waals surface area contributed by atoms with E-state index in [-0.39, 0.29) is 0 Å². The van der Waals surface area contributed by atoms with Gasteiger partial charge in [0, 0.05) is 67.8 Å². The number of rotatable bonds is 4. The fraction of sp³-hybridized carbons (Fsp3) is 0.458. The molecule has 2 bridgehead atoms. The van der Waals surface area contributed by atoms with Crippen molar-refractivity contribution in [3.63, 3.8) is 0 Å². The Kier molecular flexibility index (Phi) is 4.69. The van der Waals surface area contributed by atoms with E-state index in [9.17, 15) is 0 Å². The zero-order valence-corrected chi connectivity index (χ0v) is 17.0. The minimum Gasteiger partial charge on any atom is -0.357 e. The number of piperidine rings is 1. The van der Waals surface area contributed by atoms with Crippen molar-refractivity contribution in [3.8, 4) is 0 Å². The van der Waals surface area contributed by atoms with E-state index in [0.29, 0.717) is 6.04 Å². The first-order valence-corrected chi connectivity index (χ1v) is 10.6. The summed E-state index contributed by atoms with van der Waals surface area (Å²) in [4.78, 5) is 13.4. The Morgan fingerprint density at radius 3 is 2.86 bits per heavy atom. The van der Waals surface area contributed by atoms with Gasteiger partial charge in [0.25, 0.3) is 0 Å². The van der Waals surface area contributed by atoms with E-state index in [1.54, 1.807) is 0 Å². The number of aryl methyl sites for hydroxylation is 2. The standard InChI is InChI=1S/C24H30N4/c1-17-5-8-23-22(10-17)18(2)24(26-23)16-28-14-20-6-7-21(28)15-27(13-20)12-19-4-3-9-25-11-19/h3-5,8-11,20-21,26H,6-7,12-16H2,1-2H3/t20-,21+/m0/s1. The van der Waals surface area contributed by atoms with Crippen LogP contribution in [-0.4, -0.2) is 45.4 Å². The number of hydrogen-bond donors (Lipinski definition) is 1. The van der Waals surface area contributed by atoms with Crippen LogP contribution in [0.3, 0.4) is 0 Å². The summed E-state index contributed by atoms with van der Waals surface area (Å²) >= 11 is 0. The zero-order valence-electron chi connectivity index (χ0n) is 17.0. The molecule has 0 unspecified atom stereocenters. The van der Waals surface area contributed by atoms with Gasteiger partial charge >= 0.3 is 0 Å². The van der Waals surface area contributed by atoms with E-state index in [2.05, 4.69) is 63.9 Å². The highest BCUT2D eigenvalue weighted by molar-refractivity contribution is 5.85. The molecule has 4 heteroatoms. The quantitative estimate of drug-likeness (QED) is 0.740. The number of fused-ring (bicyclic) bond motifs is 5. The van der Waals surface area contributed by atoms with E-state index in [4.69, 9.17) is 0 Å². The van der Waals surface area contributed by atoms with Gasteiger partial charge in [-0.05, 0) is 61.9 Å². The van der Waals surface area contributed by atoms with Gasteiger partial charge in [-0.3, -0.25) is 14.8 Å². The smallest absolute Gasteiger partial charge is 0.0459 e. The Balaban J connectivity index is 1.34. The van der Waals surface area contributed by atoms with Gasteiger partial charge in [-0.15, -0.1) is 0 Å². The summed E-state index contributed by atoms with van der Waals surface area (Å²) in [7, 11) is 0. The molecular weight excluding hydrogens is 344 g/mol. The van der Waals surface area contributed by atoms with Crippen LogP contribution in [0.1, 0.15) is 35.2 Å². The number of hydrogen-bond acceptors (Lipinski definition) is 3. The predicted octanol–water partition coefficient (Wildman–Crippen LogP) is 4.28. The molecule has 1 N–H and O–H groups in total. The van der Waals surface area contributed by atoms with Gasteiger partial charge in [0.2, 0.25) is 0 Å².